The number of carbonyl (C=O) groups is 2. The van der Waals surface area contributed by atoms with Crippen molar-refractivity contribution in [1.82, 2.24) is 5.32 Å². The van der Waals surface area contributed by atoms with E-state index < -0.39 is 5.91 Å². The standard InChI is InChI=1S/C14H22N4O2S/c1-7-3-4-8(5-7)6-18-14-9(13(20)17-2)10(15)11(21-14)12(16)19/h7-8,18H,3-6,15H2,1-2H3,(H2,16,19)(H,17,20). The summed E-state index contributed by atoms with van der Waals surface area (Å²) in [6.07, 6.45) is 3.62. The molecule has 1 saturated carbocycles. The number of nitrogens with two attached hydrogens (primary N) is 2. The first-order valence-corrected chi connectivity index (χ1v) is 7.93. The summed E-state index contributed by atoms with van der Waals surface area (Å²) in [6, 6.07) is 0. The molecule has 0 radical (unpaired) electrons. The van der Waals surface area contributed by atoms with Crippen LogP contribution in [0.2, 0.25) is 0 Å². The van der Waals surface area contributed by atoms with Crippen LogP contribution in [0.3, 0.4) is 0 Å². The quantitative estimate of drug-likeness (QED) is 0.662. The second-order valence-electron chi connectivity index (χ2n) is 5.66. The van der Waals surface area contributed by atoms with Crippen molar-refractivity contribution in [2.75, 3.05) is 24.6 Å². The molecule has 1 aliphatic carbocycles. The van der Waals surface area contributed by atoms with Gasteiger partial charge in [0.15, 0.2) is 0 Å². The van der Waals surface area contributed by atoms with Crippen LogP contribution in [0.5, 0.6) is 0 Å². The fourth-order valence-electron chi connectivity index (χ4n) is 2.85. The molecule has 116 valence electrons. The first-order chi connectivity index (χ1) is 9.93. The van der Waals surface area contributed by atoms with Crippen molar-refractivity contribution in [3.63, 3.8) is 0 Å². The maximum Gasteiger partial charge on any atom is 0.260 e. The molecule has 1 aromatic heterocycles. The zero-order valence-corrected chi connectivity index (χ0v) is 13.2. The minimum absolute atomic E-state index is 0.161. The molecule has 2 amide bonds. The van der Waals surface area contributed by atoms with E-state index >= 15 is 0 Å². The lowest BCUT2D eigenvalue weighted by Gasteiger charge is -2.12. The lowest BCUT2D eigenvalue weighted by Crippen LogP contribution is -2.21. The summed E-state index contributed by atoms with van der Waals surface area (Å²) in [5, 5.41) is 6.45. The Morgan fingerprint density at radius 1 is 1.38 bits per heavy atom. The molecular formula is C14H22N4O2S. The summed E-state index contributed by atoms with van der Waals surface area (Å²) < 4.78 is 0. The number of nitrogen functional groups attached to an aromatic ring is 1. The maximum absolute atomic E-state index is 12.0. The average molecular weight is 310 g/mol. The molecule has 0 spiro atoms. The fourth-order valence-corrected chi connectivity index (χ4v) is 3.83. The van der Waals surface area contributed by atoms with Gasteiger partial charge in [-0.05, 0) is 24.7 Å². The number of carbonyl (C=O) groups excluding carboxylic acids is 2. The monoisotopic (exact) mass is 310 g/mol. The molecule has 1 fully saturated rings. The van der Waals surface area contributed by atoms with Gasteiger partial charge in [0.1, 0.15) is 9.88 Å². The summed E-state index contributed by atoms with van der Waals surface area (Å²) >= 11 is 1.15. The van der Waals surface area contributed by atoms with Crippen LogP contribution in [0.4, 0.5) is 10.7 Å². The first-order valence-electron chi connectivity index (χ1n) is 7.12. The Morgan fingerprint density at radius 3 is 2.62 bits per heavy atom. The van der Waals surface area contributed by atoms with Crippen molar-refractivity contribution >= 4 is 33.8 Å². The van der Waals surface area contributed by atoms with Gasteiger partial charge in [-0.2, -0.15) is 0 Å². The molecule has 1 heterocycles. The van der Waals surface area contributed by atoms with Crippen molar-refractivity contribution in [2.24, 2.45) is 17.6 Å². The lowest BCUT2D eigenvalue weighted by atomic mass is 10.1. The summed E-state index contributed by atoms with van der Waals surface area (Å²) in [7, 11) is 1.53. The van der Waals surface area contributed by atoms with E-state index in [1.165, 1.54) is 26.3 Å². The van der Waals surface area contributed by atoms with Gasteiger partial charge in [0.25, 0.3) is 11.8 Å². The molecular weight excluding hydrogens is 288 g/mol. The van der Waals surface area contributed by atoms with Gasteiger partial charge in [0.2, 0.25) is 0 Å². The molecule has 0 aromatic carbocycles. The Morgan fingerprint density at radius 2 is 2.10 bits per heavy atom. The van der Waals surface area contributed by atoms with Gasteiger partial charge < -0.3 is 22.1 Å². The third-order valence-electron chi connectivity index (χ3n) is 3.98. The normalized spacial score (nSPS) is 21.2. The molecule has 0 aliphatic heterocycles. The van der Waals surface area contributed by atoms with Crippen molar-refractivity contribution < 1.29 is 9.59 Å². The Hall–Kier alpha value is -1.76. The minimum atomic E-state index is -0.606. The van der Waals surface area contributed by atoms with Crippen molar-refractivity contribution in [3.8, 4) is 0 Å². The van der Waals surface area contributed by atoms with E-state index in [0.717, 1.165) is 23.8 Å². The van der Waals surface area contributed by atoms with Crippen LogP contribution in [0, 0.1) is 11.8 Å². The third kappa shape index (κ3) is 3.29. The number of hydrogen-bond acceptors (Lipinski definition) is 5. The van der Waals surface area contributed by atoms with Crippen molar-refractivity contribution in [3.05, 3.63) is 10.4 Å². The molecule has 0 saturated heterocycles. The molecule has 7 heteroatoms. The second-order valence-corrected chi connectivity index (χ2v) is 6.68. The molecule has 0 bridgehead atoms. The van der Waals surface area contributed by atoms with Crippen molar-refractivity contribution in [2.45, 2.75) is 26.2 Å². The highest BCUT2D eigenvalue weighted by molar-refractivity contribution is 7.19. The van der Waals surface area contributed by atoms with Crippen LogP contribution in [-0.4, -0.2) is 25.4 Å². The molecule has 6 N–H and O–H groups in total. The van der Waals surface area contributed by atoms with Gasteiger partial charge >= 0.3 is 0 Å². The molecule has 1 aromatic rings. The highest BCUT2D eigenvalue weighted by Gasteiger charge is 2.26. The van der Waals surface area contributed by atoms with Gasteiger partial charge in [-0.15, -0.1) is 11.3 Å². The molecule has 1 aliphatic rings. The summed E-state index contributed by atoms with van der Waals surface area (Å²) in [6.45, 7) is 3.04. The molecule has 2 unspecified atom stereocenters. The van der Waals surface area contributed by atoms with Gasteiger partial charge in [-0.1, -0.05) is 13.3 Å². The lowest BCUT2D eigenvalue weighted by molar-refractivity contribution is 0.0965. The first kappa shape index (κ1) is 15.6. The van der Waals surface area contributed by atoms with E-state index in [9.17, 15) is 9.59 Å². The highest BCUT2D eigenvalue weighted by atomic mass is 32.1. The van der Waals surface area contributed by atoms with Crippen LogP contribution < -0.4 is 22.1 Å². The van der Waals surface area contributed by atoms with Gasteiger partial charge in [-0.3, -0.25) is 9.59 Å². The Labute approximate surface area is 128 Å². The van der Waals surface area contributed by atoms with Gasteiger partial charge in [0.05, 0.1) is 11.3 Å². The van der Waals surface area contributed by atoms with Crippen LogP contribution in [0.1, 0.15) is 46.2 Å². The Bertz CT molecular complexity index is 555. The predicted molar refractivity (Wildman–Crippen MR) is 85.6 cm³/mol. The van der Waals surface area contributed by atoms with Gasteiger partial charge in [0, 0.05) is 13.6 Å². The molecule has 6 nitrogen and oxygen atoms in total. The zero-order valence-electron chi connectivity index (χ0n) is 12.4. The minimum Gasteiger partial charge on any atom is -0.397 e. The van der Waals surface area contributed by atoms with E-state index in [1.807, 2.05) is 0 Å². The van der Waals surface area contributed by atoms with Crippen LogP contribution in [0.15, 0.2) is 0 Å². The Balaban J connectivity index is 2.19. The number of hydrogen-bond donors (Lipinski definition) is 4. The van der Waals surface area contributed by atoms with Crippen LogP contribution in [-0.2, 0) is 0 Å². The average Bonchev–Trinajstić information content (AvgIpc) is 2.99. The summed E-state index contributed by atoms with van der Waals surface area (Å²) in [5.41, 5.74) is 11.7. The number of thiophene rings is 1. The number of anilines is 2. The largest absolute Gasteiger partial charge is 0.397 e. The van der Waals surface area contributed by atoms with E-state index in [2.05, 4.69) is 17.6 Å². The highest BCUT2D eigenvalue weighted by Crippen LogP contribution is 2.37. The van der Waals surface area contributed by atoms with E-state index in [-0.39, 0.29) is 16.5 Å². The van der Waals surface area contributed by atoms with E-state index in [0.29, 0.717) is 16.5 Å². The molecule has 21 heavy (non-hydrogen) atoms. The van der Waals surface area contributed by atoms with E-state index in [1.54, 1.807) is 0 Å². The van der Waals surface area contributed by atoms with Gasteiger partial charge in [-0.25, -0.2) is 0 Å². The number of nitrogens with one attached hydrogen (secondary N) is 2. The van der Waals surface area contributed by atoms with Crippen LogP contribution >= 0.6 is 11.3 Å². The zero-order chi connectivity index (χ0) is 15.6. The topological polar surface area (TPSA) is 110 Å². The van der Waals surface area contributed by atoms with Crippen LogP contribution in [0.25, 0.3) is 0 Å². The second kappa shape index (κ2) is 6.34. The molecule has 2 atom stereocenters. The smallest absolute Gasteiger partial charge is 0.260 e. The Kier molecular flexibility index (Phi) is 4.72. The SMILES string of the molecule is CNC(=O)c1c(NCC2CCC(C)C2)sc(C(N)=O)c1N. The summed E-state index contributed by atoms with van der Waals surface area (Å²) in [4.78, 5) is 23.6. The number of rotatable bonds is 5. The fraction of sp³-hybridized carbons (Fsp3) is 0.571. The summed E-state index contributed by atoms with van der Waals surface area (Å²) in [5.74, 6) is 0.436. The van der Waals surface area contributed by atoms with Crippen molar-refractivity contribution in [1.29, 1.82) is 0 Å². The molecule has 2 rings (SSSR count). The number of amides is 2. The predicted octanol–water partition coefficient (Wildman–Crippen LogP) is 1.64. The van der Waals surface area contributed by atoms with E-state index in [4.69, 9.17) is 11.5 Å². The number of primary amides is 1. The third-order valence-corrected chi connectivity index (χ3v) is 5.16. The maximum atomic E-state index is 12.0.